The van der Waals surface area contributed by atoms with Gasteiger partial charge in [0.2, 0.25) is 0 Å². The SMILES string of the molecule is CC(C)(C)NCC1(CN2CC3CCCC3C2)CCCOC1. The molecular formula is C18H34N2O. The van der Waals surface area contributed by atoms with Crippen molar-refractivity contribution in [1.29, 1.82) is 0 Å². The molecule has 0 amide bonds. The van der Waals surface area contributed by atoms with E-state index in [1.807, 2.05) is 0 Å². The molecule has 0 aromatic heterocycles. The fourth-order valence-corrected chi connectivity index (χ4v) is 4.62. The predicted octanol–water partition coefficient (Wildman–Crippen LogP) is 2.90. The summed E-state index contributed by atoms with van der Waals surface area (Å²) in [6.45, 7) is 13.7. The van der Waals surface area contributed by atoms with Gasteiger partial charge in [-0.1, -0.05) is 6.42 Å². The van der Waals surface area contributed by atoms with Crippen molar-refractivity contribution in [2.45, 2.75) is 58.4 Å². The Balaban J connectivity index is 1.59. The minimum Gasteiger partial charge on any atom is -0.381 e. The van der Waals surface area contributed by atoms with E-state index in [1.54, 1.807) is 0 Å². The first kappa shape index (κ1) is 15.8. The molecule has 122 valence electrons. The second kappa shape index (κ2) is 6.17. The van der Waals surface area contributed by atoms with Crippen LogP contribution in [0.2, 0.25) is 0 Å². The number of fused-ring (bicyclic) bond motifs is 1. The van der Waals surface area contributed by atoms with Gasteiger partial charge in [0.1, 0.15) is 0 Å². The van der Waals surface area contributed by atoms with Gasteiger partial charge in [-0.05, 0) is 58.3 Å². The Morgan fingerprint density at radius 1 is 1.14 bits per heavy atom. The van der Waals surface area contributed by atoms with Crippen LogP contribution in [0.1, 0.15) is 52.9 Å². The lowest BCUT2D eigenvalue weighted by Crippen LogP contribution is -2.52. The van der Waals surface area contributed by atoms with Gasteiger partial charge in [-0.3, -0.25) is 0 Å². The van der Waals surface area contributed by atoms with Crippen LogP contribution in [0.5, 0.6) is 0 Å². The Morgan fingerprint density at radius 3 is 2.43 bits per heavy atom. The van der Waals surface area contributed by atoms with Gasteiger partial charge in [0.25, 0.3) is 0 Å². The highest BCUT2D eigenvalue weighted by Crippen LogP contribution is 2.40. The lowest BCUT2D eigenvalue weighted by Gasteiger charge is -2.42. The van der Waals surface area contributed by atoms with Crippen molar-refractivity contribution in [3.05, 3.63) is 0 Å². The molecule has 3 fully saturated rings. The van der Waals surface area contributed by atoms with Crippen LogP contribution in [-0.2, 0) is 4.74 Å². The van der Waals surface area contributed by atoms with E-state index in [2.05, 4.69) is 31.0 Å². The second-order valence-electron chi connectivity index (χ2n) is 8.90. The molecule has 1 aliphatic carbocycles. The number of ether oxygens (including phenoxy) is 1. The standard InChI is InChI=1S/C18H34N2O/c1-17(2,3)19-12-18(8-5-9-21-14-18)13-20-10-15-6-4-7-16(15)11-20/h15-16,19H,4-14H2,1-3H3. The van der Waals surface area contributed by atoms with E-state index < -0.39 is 0 Å². The quantitative estimate of drug-likeness (QED) is 0.863. The van der Waals surface area contributed by atoms with Crippen LogP contribution in [0.3, 0.4) is 0 Å². The van der Waals surface area contributed by atoms with Gasteiger partial charge in [0, 0.05) is 43.7 Å². The third-order valence-corrected chi connectivity index (χ3v) is 5.76. The molecule has 0 spiro atoms. The largest absolute Gasteiger partial charge is 0.381 e. The summed E-state index contributed by atoms with van der Waals surface area (Å²) in [7, 11) is 0. The first-order valence-electron chi connectivity index (χ1n) is 9.01. The van der Waals surface area contributed by atoms with Crippen molar-refractivity contribution in [3.63, 3.8) is 0 Å². The Bertz CT molecular complexity index is 332. The van der Waals surface area contributed by atoms with E-state index in [0.29, 0.717) is 5.41 Å². The summed E-state index contributed by atoms with van der Waals surface area (Å²) < 4.78 is 5.89. The van der Waals surface area contributed by atoms with Crippen LogP contribution < -0.4 is 5.32 Å². The smallest absolute Gasteiger partial charge is 0.0546 e. The maximum absolute atomic E-state index is 5.89. The molecule has 3 rings (SSSR count). The number of nitrogens with zero attached hydrogens (tertiary/aromatic N) is 1. The summed E-state index contributed by atoms with van der Waals surface area (Å²) in [5.41, 5.74) is 0.538. The van der Waals surface area contributed by atoms with Crippen LogP contribution in [0.15, 0.2) is 0 Å². The van der Waals surface area contributed by atoms with E-state index in [9.17, 15) is 0 Å². The van der Waals surface area contributed by atoms with Gasteiger partial charge >= 0.3 is 0 Å². The highest BCUT2D eigenvalue weighted by Gasteiger charge is 2.41. The highest BCUT2D eigenvalue weighted by atomic mass is 16.5. The van der Waals surface area contributed by atoms with Crippen molar-refractivity contribution in [3.8, 4) is 0 Å². The zero-order valence-electron chi connectivity index (χ0n) is 14.3. The molecule has 3 nitrogen and oxygen atoms in total. The Kier molecular flexibility index (Phi) is 4.63. The summed E-state index contributed by atoms with van der Waals surface area (Å²) in [4.78, 5) is 2.76. The molecule has 1 saturated carbocycles. The molecule has 2 saturated heterocycles. The summed E-state index contributed by atoms with van der Waals surface area (Å²) >= 11 is 0. The monoisotopic (exact) mass is 294 g/mol. The molecule has 0 aromatic carbocycles. The number of likely N-dealkylation sites (tertiary alicyclic amines) is 1. The van der Waals surface area contributed by atoms with Crippen molar-refractivity contribution < 1.29 is 4.74 Å². The Hall–Kier alpha value is -0.120. The van der Waals surface area contributed by atoms with Crippen molar-refractivity contribution in [1.82, 2.24) is 10.2 Å². The molecule has 3 heteroatoms. The van der Waals surface area contributed by atoms with Gasteiger partial charge in [-0.25, -0.2) is 0 Å². The molecule has 1 N–H and O–H groups in total. The maximum Gasteiger partial charge on any atom is 0.0546 e. The molecule has 2 heterocycles. The number of hydrogen-bond acceptors (Lipinski definition) is 3. The van der Waals surface area contributed by atoms with E-state index >= 15 is 0 Å². The molecule has 3 aliphatic rings. The maximum atomic E-state index is 5.89. The van der Waals surface area contributed by atoms with Gasteiger partial charge in [0.05, 0.1) is 6.61 Å². The van der Waals surface area contributed by atoms with Gasteiger partial charge < -0.3 is 15.0 Å². The highest BCUT2D eigenvalue weighted by molar-refractivity contribution is 4.94. The van der Waals surface area contributed by atoms with Crippen LogP contribution in [-0.4, -0.2) is 49.8 Å². The first-order valence-corrected chi connectivity index (χ1v) is 9.01. The zero-order valence-corrected chi connectivity index (χ0v) is 14.3. The average molecular weight is 294 g/mol. The van der Waals surface area contributed by atoms with E-state index in [-0.39, 0.29) is 5.54 Å². The number of hydrogen-bond donors (Lipinski definition) is 1. The third kappa shape index (κ3) is 4.00. The van der Waals surface area contributed by atoms with Crippen LogP contribution >= 0.6 is 0 Å². The summed E-state index contributed by atoms with van der Waals surface area (Å²) in [6.07, 6.45) is 6.98. The zero-order chi connectivity index (χ0) is 14.9. The van der Waals surface area contributed by atoms with Gasteiger partial charge in [0.15, 0.2) is 0 Å². The predicted molar refractivity (Wildman–Crippen MR) is 87.5 cm³/mol. The topological polar surface area (TPSA) is 24.5 Å². The van der Waals surface area contributed by atoms with E-state index in [1.165, 1.54) is 51.7 Å². The molecule has 3 unspecified atom stereocenters. The lowest BCUT2D eigenvalue weighted by molar-refractivity contribution is -0.0266. The number of nitrogens with one attached hydrogen (secondary N) is 1. The fourth-order valence-electron chi connectivity index (χ4n) is 4.62. The van der Waals surface area contributed by atoms with Crippen LogP contribution in [0.4, 0.5) is 0 Å². The first-order chi connectivity index (χ1) is 9.96. The van der Waals surface area contributed by atoms with Crippen molar-refractivity contribution in [2.75, 3.05) is 39.4 Å². The molecule has 3 atom stereocenters. The Labute approximate surface area is 130 Å². The minimum absolute atomic E-state index is 0.200. The van der Waals surface area contributed by atoms with Crippen LogP contribution in [0, 0.1) is 17.3 Å². The minimum atomic E-state index is 0.200. The van der Waals surface area contributed by atoms with Gasteiger partial charge in [-0.2, -0.15) is 0 Å². The van der Waals surface area contributed by atoms with Crippen molar-refractivity contribution >= 4 is 0 Å². The summed E-state index contributed by atoms with van der Waals surface area (Å²) in [6, 6.07) is 0. The summed E-state index contributed by atoms with van der Waals surface area (Å²) in [5.74, 6) is 2.00. The lowest BCUT2D eigenvalue weighted by atomic mass is 9.81. The van der Waals surface area contributed by atoms with Gasteiger partial charge in [-0.15, -0.1) is 0 Å². The molecule has 2 aliphatic heterocycles. The number of rotatable bonds is 4. The second-order valence-corrected chi connectivity index (χ2v) is 8.90. The molecule has 21 heavy (non-hydrogen) atoms. The average Bonchev–Trinajstić information content (AvgIpc) is 2.98. The molecule has 0 aromatic rings. The Morgan fingerprint density at radius 2 is 1.86 bits per heavy atom. The van der Waals surface area contributed by atoms with Crippen LogP contribution in [0.25, 0.3) is 0 Å². The molecular weight excluding hydrogens is 260 g/mol. The summed E-state index contributed by atoms with van der Waals surface area (Å²) in [5, 5.41) is 3.75. The van der Waals surface area contributed by atoms with Crippen molar-refractivity contribution in [2.24, 2.45) is 17.3 Å². The normalized spacial score (nSPS) is 37.9. The fraction of sp³-hybridized carbons (Fsp3) is 1.00. The van der Waals surface area contributed by atoms with E-state index in [0.717, 1.165) is 31.6 Å². The molecule has 0 bridgehead atoms. The third-order valence-electron chi connectivity index (χ3n) is 5.76. The van der Waals surface area contributed by atoms with E-state index in [4.69, 9.17) is 4.74 Å². The molecule has 0 radical (unpaired) electrons.